The highest BCUT2D eigenvalue weighted by Gasteiger charge is 2.33. The van der Waals surface area contributed by atoms with Crippen molar-refractivity contribution in [3.05, 3.63) is 82.8 Å². The molecular formula is C20H20ClFN2O. The number of nitrogens with one attached hydrogen (secondary N) is 1. The molecule has 130 valence electrons. The van der Waals surface area contributed by atoms with Crippen LogP contribution in [0.25, 0.3) is 0 Å². The molecule has 1 saturated heterocycles. The van der Waals surface area contributed by atoms with Crippen LogP contribution in [-0.2, 0) is 17.9 Å². The first-order chi connectivity index (χ1) is 12.0. The normalized spacial score (nSPS) is 17.0. The van der Waals surface area contributed by atoms with Crippen LogP contribution in [0.1, 0.15) is 17.5 Å². The quantitative estimate of drug-likeness (QED) is 0.842. The van der Waals surface area contributed by atoms with Gasteiger partial charge in [-0.05, 0) is 35.7 Å². The fourth-order valence-corrected chi connectivity index (χ4v) is 3.32. The second kappa shape index (κ2) is 7.70. The molecule has 0 aliphatic carbocycles. The van der Waals surface area contributed by atoms with Gasteiger partial charge in [-0.3, -0.25) is 4.79 Å². The van der Waals surface area contributed by atoms with E-state index in [0.29, 0.717) is 30.4 Å². The molecule has 0 aromatic heterocycles. The SMILES string of the molecule is C=C(NCc1cc(F)cc(Cl)c1)C1CCN(Cc2ccccc2)C1=O. The fraction of sp³-hybridized carbons (Fsp3) is 0.250. The van der Waals surface area contributed by atoms with E-state index in [-0.39, 0.29) is 17.6 Å². The van der Waals surface area contributed by atoms with Crippen molar-refractivity contribution in [3.8, 4) is 0 Å². The van der Waals surface area contributed by atoms with E-state index in [4.69, 9.17) is 11.6 Å². The lowest BCUT2D eigenvalue weighted by atomic mass is 10.0. The number of likely N-dealkylation sites (tertiary alicyclic amines) is 1. The van der Waals surface area contributed by atoms with Gasteiger partial charge in [-0.15, -0.1) is 0 Å². The Bertz CT molecular complexity index is 758. The molecule has 2 aromatic rings. The fourth-order valence-electron chi connectivity index (χ4n) is 3.07. The van der Waals surface area contributed by atoms with Gasteiger partial charge in [0, 0.05) is 30.4 Å². The summed E-state index contributed by atoms with van der Waals surface area (Å²) in [5, 5.41) is 3.50. The number of carbonyl (C=O) groups is 1. The molecule has 1 atom stereocenters. The summed E-state index contributed by atoms with van der Waals surface area (Å²) in [7, 11) is 0. The maximum absolute atomic E-state index is 13.4. The van der Waals surface area contributed by atoms with Crippen molar-refractivity contribution in [2.75, 3.05) is 6.54 Å². The molecule has 3 rings (SSSR count). The van der Waals surface area contributed by atoms with E-state index < -0.39 is 0 Å². The minimum atomic E-state index is -0.374. The third-order valence-electron chi connectivity index (χ3n) is 4.38. The Balaban J connectivity index is 1.57. The topological polar surface area (TPSA) is 32.3 Å². The summed E-state index contributed by atoms with van der Waals surface area (Å²) >= 11 is 5.86. The first-order valence-corrected chi connectivity index (χ1v) is 8.61. The van der Waals surface area contributed by atoms with E-state index in [1.807, 2.05) is 35.2 Å². The van der Waals surface area contributed by atoms with Crippen LogP contribution in [0.15, 0.2) is 60.8 Å². The van der Waals surface area contributed by atoms with E-state index in [2.05, 4.69) is 11.9 Å². The van der Waals surface area contributed by atoms with Crippen molar-refractivity contribution < 1.29 is 9.18 Å². The molecule has 25 heavy (non-hydrogen) atoms. The Kier molecular flexibility index (Phi) is 5.39. The van der Waals surface area contributed by atoms with Gasteiger partial charge in [-0.25, -0.2) is 4.39 Å². The van der Waals surface area contributed by atoms with Crippen LogP contribution in [-0.4, -0.2) is 17.4 Å². The minimum Gasteiger partial charge on any atom is -0.384 e. The number of halogens is 2. The van der Waals surface area contributed by atoms with Crippen molar-refractivity contribution in [1.29, 1.82) is 0 Å². The smallest absolute Gasteiger partial charge is 0.231 e. The molecule has 2 aromatic carbocycles. The number of benzene rings is 2. The van der Waals surface area contributed by atoms with Crippen LogP contribution in [0, 0.1) is 11.7 Å². The number of nitrogens with zero attached hydrogens (tertiary/aromatic N) is 1. The zero-order chi connectivity index (χ0) is 17.8. The maximum atomic E-state index is 13.4. The average molecular weight is 359 g/mol. The molecule has 1 aliphatic heterocycles. The molecule has 0 bridgehead atoms. The Hall–Kier alpha value is -2.33. The van der Waals surface area contributed by atoms with E-state index >= 15 is 0 Å². The molecule has 1 aliphatic rings. The highest BCUT2D eigenvalue weighted by molar-refractivity contribution is 6.30. The van der Waals surface area contributed by atoms with Crippen LogP contribution in [0.5, 0.6) is 0 Å². The van der Waals surface area contributed by atoms with E-state index in [1.165, 1.54) is 12.1 Å². The lowest BCUT2D eigenvalue weighted by molar-refractivity contribution is -0.130. The molecule has 1 unspecified atom stereocenters. The van der Waals surface area contributed by atoms with Crippen molar-refractivity contribution in [3.63, 3.8) is 0 Å². The summed E-state index contributed by atoms with van der Waals surface area (Å²) < 4.78 is 13.4. The van der Waals surface area contributed by atoms with Crippen LogP contribution < -0.4 is 5.32 Å². The first-order valence-electron chi connectivity index (χ1n) is 8.23. The van der Waals surface area contributed by atoms with Crippen molar-refractivity contribution in [2.24, 2.45) is 5.92 Å². The third-order valence-corrected chi connectivity index (χ3v) is 4.59. The number of amides is 1. The summed E-state index contributed by atoms with van der Waals surface area (Å²) in [6.45, 7) is 5.72. The van der Waals surface area contributed by atoms with Crippen LogP contribution in [0.4, 0.5) is 4.39 Å². The second-order valence-corrected chi connectivity index (χ2v) is 6.68. The van der Waals surface area contributed by atoms with Gasteiger partial charge in [0.1, 0.15) is 5.82 Å². The van der Waals surface area contributed by atoms with E-state index in [0.717, 1.165) is 17.5 Å². The number of hydrogen-bond donors (Lipinski definition) is 1. The second-order valence-electron chi connectivity index (χ2n) is 6.24. The first kappa shape index (κ1) is 17.5. The van der Waals surface area contributed by atoms with Gasteiger partial charge in [0.05, 0.1) is 5.92 Å². The lowest BCUT2D eigenvalue weighted by Crippen LogP contribution is -2.30. The Morgan fingerprint density at radius 3 is 2.72 bits per heavy atom. The van der Waals surface area contributed by atoms with E-state index in [1.54, 1.807) is 6.07 Å². The van der Waals surface area contributed by atoms with Crippen molar-refractivity contribution >= 4 is 17.5 Å². The Morgan fingerprint density at radius 1 is 1.24 bits per heavy atom. The van der Waals surface area contributed by atoms with Gasteiger partial charge in [0.25, 0.3) is 0 Å². The molecule has 1 heterocycles. The number of hydrogen-bond acceptors (Lipinski definition) is 2. The zero-order valence-electron chi connectivity index (χ0n) is 13.8. The van der Waals surface area contributed by atoms with Crippen LogP contribution in [0.3, 0.4) is 0 Å². The average Bonchev–Trinajstić information content (AvgIpc) is 2.94. The summed E-state index contributed by atoms with van der Waals surface area (Å²) in [6, 6.07) is 14.3. The molecule has 1 N–H and O–H groups in total. The Labute approximate surface area is 152 Å². The van der Waals surface area contributed by atoms with Gasteiger partial charge in [-0.2, -0.15) is 0 Å². The molecule has 0 radical (unpaired) electrons. The highest BCUT2D eigenvalue weighted by atomic mass is 35.5. The monoisotopic (exact) mass is 358 g/mol. The maximum Gasteiger partial charge on any atom is 0.231 e. The summed E-state index contributed by atoms with van der Waals surface area (Å²) in [4.78, 5) is 14.5. The standard InChI is InChI=1S/C20H20ClFN2O/c1-14(23-12-16-9-17(21)11-18(22)10-16)19-7-8-24(20(19)25)13-15-5-3-2-4-6-15/h2-6,9-11,19,23H,1,7-8,12-13H2. The zero-order valence-corrected chi connectivity index (χ0v) is 14.6. The Morgan fingerprint density at radius 2 is 2.00 bits per heavy atom. The van der Waals surface area contributed by atoms with Gasteiger partial charge in [-0.1, -0.05) is 48.5 Å². The largest absolute Gasteiger partial charge is 0.384 e. The van der Waals surface area contributed by atoms with Crippen molar-refractivity contribution in [2.45, 2.75) is 19.5 Å². The van der Waals surface area contributed by atoms with Crippen LogP contribution >= 0.6 is 11.6 Å². The molecule has 1 fully saturated rings. The summed E-state index contributed by atoms with van der Waals surface area (Å²) in [5.74, 6) is -0.535. The molecule has 0 saturated carbocycles. The molecule has 3 nitrogen and oxygen atoms in total. The molecule has 5 heteroatoms. The van der Waals surface area contributed by atoms with Crippen molar-refractivity contribution in [1.82, 2.24) is 10.2 Å². The predicted molar refractivity (Wildman–Crippen MR) is 97.4 cm³/mol. The third kappa shape index (κ3) is 4.40. The van der Waals surface area contributed by atoms with E-state index in [9.17, 15) is 9.18 Å². The van der Waals surface area contributed by atoms with Gasteiger partial charge < -0.3 is 10.2 Å². The van der Waals surface area contributed by atoms with Gasteiger partial charge >= 0.3 is 0 Å². The number of carbonyl (C=O) groups excluding carboxylic acids is 1. The number of rotatable bonds is 6. The summed E-state index contributed by atoms with van der Waals surface area (Å²) in [5.41, 5.74) is 2.50. The van der Waals surface area contributed by atoms with Gasteiger partial charge in [0.15, 0.2) is 0 Å². The molecular weight excluding hydrogens is 339 g/mol. The highest BCUT2D eigenvalue weighted by Crippen LogP contribution is 2.25. The predicted octanol–water partition coefficient (Wildman–Crippen LogP) is 4.13. The van der Waals surface area contributed by atoms with Gasteiger partial charge in [0.2, 0.25) is 5.91 Å². The molecule has 0 spiro atoms. The lowest BCUT2D eigenvalue weighted by Gasteiger charge is -2.18. The molecule has 1 amide bonds. The van der Waals surface area contributed by atoms with Crippen LogP contribution in [0.2, 0.25) is 5.02 Å². The minimum absolute atomic E-state index is 0.0821. The summed E-state index contributed by atoms with van der Waals surface area (Å²) in [6.07, 6.45) is 0.738.